The highest BCUT2D eigenvalue weighted by Gasteiger charge is 2.34. The van der Waals surface area contributed by atoms with Crippen molar-refractivity contribution >= 4 is 17.5 Å². The van der Waals surface area contributed by atoms with Gasteiger partial charge in [-0.15, -0.1) is 0 Å². The molecule has 1 heterocycles. The van der Waals surface area contributed by atoms with Crippen molar-refractivity contribution in [3.63, 3.8) is 0 Å². The molecule has 5 nitrogen and oxygen atoms in total. The van der Waals surface area contributed by atoms with E-state index in [0.29, 0.717) is 13.0 Å². The number of anilines is 1. The van der Waals surface area contributed by atoms with Crippen LogP contribution >= 0.6 is 0 Å². The van der Waals surface area contributed by atoms with Gasteiger partial charge in [0.25, 0.3) is 0 Å². The molecule has 3 N–H and O–H groups in total. The molecule has 1 aliphatic rings. The maximum atomic E-state index is 12.3. The highest BCUT2D eigenvalue weighted by Crippen LogP contribution is 2.21. The van der Waals surface area contributed by atoms with Crippen LogP contribution in [0.2, 0.25) is 0 Å². The van der Waals surface area contributed by atoms with E-state index in [4.69, 9.17) is 5.73 Å². The Labute approximate surface area is 119 Å². The lowest BCUT2D eigenvalue weighted by Crippen LogP contribution is -2.50. The van der Waals surface area contributed by atoms with E-state index >= 15 is 0 Å². The van der Waals surface area contributed by atoms with Crippen molar-refractivity contribution in [1.82, 2.24) is 5.32 Å². The van der Waals surface area contributed by atoms with Crippen molar-refractivity contribution < 1.29 is 9.59 Å². The van der Waals surface area contributed by atoms with Gasteiger partial charge in [0.15, 0.2) is 0 Å². The van der Waals surface area contributed by atoms with Crippen LogP contribution in [-0.4, -0.2) is 30.4 Å². The quantitative estimate of drug-likeness (QED) is 0.857. The van der Waals surface area contributed by atoms with Crippen LogP contribution in [0.3, 0.4) is 0 Å². The van der Waals surface area contributed by atoms with E-state index in [1.807, 2.05) is 44.2 Å². The van der Waals surface area contributed by atoms with Gasteiger partial charge >= 0.3 is 0 Å². The van der Waals surface area contributed by atoms with Gasteiger partial charge in [-0.3, -0.25) is 9.59 Å². The maximum absolute atomic E-state index is 12.3. The van der Waals surface area contributed by atoms with Crippen molar-refractivity contribution in [2.45, 2.75) is 32.4 Å². The van der Waals surface area contributed by atoms with Crippen LogP contribution in [-0.2, 0) is 9.59 Å². The Kier molecular flexibility index (Phi) is 4.39. The third kappa shape index (κ3) is 2.99. The molecule has 5 heteroatoms. The van der Waals surface area contributed by atoms with Crippen LogP contribution in [0.4, 0.5) is 5.69 Å². The van der Waals surface area contributed by atoms with Crippen molar-refractivity contribution in [3.05, 3.63) is 30.3 Å². The first kappa shape index (κ1) is 14.5. The van der Waals surface area contributed by atoms with Gasteiger partial charge in [-0.25, -0.2) is 0 Å². The maximum Gasteiger partial charge on any atom is 0.249 e. The number of para-hydroxylation sites is 1. The molecule has 2 rings (SSSR count). The van der Waals surface area contributed by atoms with Crippen molar-refractivity contribution in [3.8, 4) is 0 Å². The van der Waals surface area contributed by atoms with Crippen LogP contribution < -0.4 is 16.0 Å². The molecule has 0 spiro atoms. The molecule has 1 aromatic rings. The smallest absolute Gasteiger partial charge is 0.249 e. The minimum absolute atomic E-state index is 0.0525. The van der Waals surface area contributed by atoms with Crippen molar-refractivity contribution in [2.75, 3.05) is 11.4 Å². The standard InChI is InChI=1S/C15H21N3O2/c1-10(2)13(16)14(19)17-12-8-9-18(15(12)20)11-6-4-3-5-7-11/h3-7,10,12-13H,8-9,16H2,1-2H3,(H,17,19)/t12?,13-/m0/s1. The molecule has 1 fully saturated rings. The topological polar surface area (TPSA) is 75.4 Å². The summed E-state index contributed by atoms with van der Waals surface area (Å²) in [5.41, 5.74) is 6.66. The summed E-state index contributed by atoms with van der Waals surface area (Å²) in [5.74, 6) is -0.273. The monoisotopic (exact) mass is 275 g/mol. The van der Waals surface area contributed by atoms with Crippen LogP contribution in [0.1, 0.15) is 20.3 Å². The summed E-state index contributed by atoms with van der Waals surface area (Å²) in [4.78, 5) is 25.9. The summed E-state index contributed by atoms with van der Waals surface area (Å²) in [6, 6.07) is 8.43. The van der Waals surface area contributed by atoms with Crippen molar-refractivity contribution in [2.24, 2.45) is 11.7 Å². The lowest BCUT2D eigenvalue weighted by atomic mass is 10.0. The molecule has 1 aliphatic heterocycles. The van der Waals surface area contributed by atoms with Crippen LogP contribution in [0.15, 0.2) is 30.3 Å². The van der Waals surface area contributed by atoms with Gasteiger partial charge < -0.3 is 16.0 Å². The van der Waals surface area contributed by atoms with Crippen LogP contribution in [0.25, 0.3) is 0 Å². The summed E-state index contributed by atoms with van der Waals surface area (Å²) < 4.78 is 0. The first-order valence-corrected chi connectivity index (χ1v) is 6.93. The Hall–Kier alpha value is -1.88. The Morgan fingerprint density at radius 1 is 1.35 bits per heavy atom. The lowest BCUT2D eigenvalue weighted by Gasteiger charge is -2.19. The van der Waals surface area contributed by atoms with Gasteiger partial charge in [0, 0.05) is 12.2 Å². The molecule has 0 aromatic heterocycles. The number of nitrogens with two attached hydrogens (primary N) is 1. The number of rotatable bonds is 4. The average molecular weight is 275 g/mol. The van der Waals surface area contributed by atoms with Gasteiger partial charge in [-0.2, -0.15) is 0 Å². The highest BCUT2D eigenvalue weighted by atomic mass is 16.2. The molecule has 0 saturated carbocycles. The number of benzene rings is 1. The van der Waals surface area contributed by atoms with Gasteiger partial charge in [-0.1, -0.05) is 32.0 Å². The minimum Gasteiger partial charge on any atom is -0.343 e. The number of nitrogens with zero attached hydrogens (tertiary/aromatic N) is 1. The molecule has 1 saturated heterocycles. The zero-order valence-electron chi connectivity index (χ0n) is 11.9. The second-order valence-electron chi connectivity index (χ2n) is 5.45. The van der Waals surface area contributed by atoms with E-state index in [2.05, 4.69) is 5.32 Å². The molecule has 20 heavy (non-hydrogen) atoms. The second kappa shape index (κ2) is 6.05. The fourth-order valence-corrected chi connectivity index (χ4v) is 2.25. The van der Waals surface area contributed by atoms with Gasteiger partial charge in [0.2, 0.25) is 11.8 Å². The zero-order chi connectivity index (χ0) is 14.7. The second-order valence-corrected chi connectivity index (χ2v) is 5.45. The van der Waals surface area contributed by atoms with Gasteiger partial charge in [0.05, 0.1) is 6.04 Å². The number of nitrogens with one attached hydrogen (secondary N) is 1. The van der Waals surface area contributed by atoms with Gasteiger partial charge in [0.1, 0.15) is 6.04 Å². The number of hydrogen-bond acceptors (Lipinski definition) is 3. The predicted octanol–water partition coefficient (Wildman–Crippen LogP) is 0.891. The number of hydrogen-bond donors (Lipinski definition) is 2. The molecule has 0 bridgehead atoms. The van der Waals surface area contributed by atoms with Gasteiger partial charge in [-0.05, 0) is 24.5 Å². The minimum atomic E-state index is -0.575. The lowest BCUT2D eigenvalue weighted by molar-refractivity contribution is -0.127. The molecule has 1 unspecified atom stereocenters. The molecular weight excluding hydrogens is 254 g/mol. The normalized spacial score (nSPS) is 20.3. The summed E-state index contributed by atoms with van der Waals surface area (Å²) >= 11 is 0. The largest absolute Gasteiger partial charge is 0.343 e. The SMILES string of the molecule is CC(C)[C@H](N)C(=O)NC1CCN(c2ccccc2)C1=O. The molecular formula is C15H21N3O2. The Morgan fingerprint density at radius 3 is 2.60 bits per heavy atom. The highest BCUT2D eigenvalue weighted by molar-refractivity contribution is 6.01. The predicted molar refractivity (Wildman–Crippen MR) is 78.2 cm³/mol. The zero-order valence-corrected chi connectivity index (χ0v) is 11.9. The van der Waals surface area contributed by atoms with Crippen LogP contribution in [0, 0.1) is 5.92 Å². The summed E-state index contributed by atoms with van der Waals surface area (Å²) in [5, 5.41) is 2.75. The first-order valence-electron chi connectivity index (χ1n) is 6.93. The molecule has 1 aromatic carbocycles. The molecule has 108 valence electrons. The van der Waals surface area contributed by atoms with E-state index in [-0.39, 0.29) is 17.7 Å². The third-order valence-corrected chi connectivity index (χ3v) is 3.61. The fraction of sp³-hybridized carbons (Fsp3) is 0.467. The average Bonchev–Trinajstić information content (AvgIpc) is 2.80. The molecule has 2 atom stereocenters. The summed E-state index contributed by atoms with van der Waals surface area (Å²) in [7, 11) is 0. The summed E-state index contributed by atoms with van der Waals surface area (Å²) in [6.45, 7) is 4.39. The van der Waals surface area contributed by atoms with Crippen molar-refractivity contribution in [1.29, 1.82) is 0 Å². The first-order chi connectivity index (χ1) is 9.50. The third-order valence-electron chi connectivity index (χ3n) is 3.61. The molecule has 0 radical (unpaired) electrons. The van der Waals surface area contributed by atoms with E-state index in [0.717, 1.165) is 5.69 Å². The van der Waals surface area contributed by atoms with Crippen LogP contribution in [0.5, 0.6) is 0 Å². The summed E-state index contributed by atoms with van der Waals surface area (Å²) in [6.07, 6.45) is 0.615. The fourth-order valence-electron chi connectivity index (χ4n) is 2.25. The van der Waals surface area contributed by atoms with E-state index in [1.54, 1.807) is 4.90 Å². The number of carbonyl (C=O) groups excluding carboxylic acids is 2. The Morgan fingerprint density at radius 2 is 2.00 bits per heavy atom. The van der Waals surface area contributed by atoms with E-state index in [1.165, 1.54) is 0 Å². The Balaban J connectivity index is 2.00. The molecule has 0 aliphatic carbocycles. The van der Waals surface area contributed by atoms with E-state index in [9.17, 15) is 9.59 Å². The van der Waals surface area contributed by atoms with E-state index < -0.39 is 12.1 Å². The molecule has 2 amide bonds. The number of amides is 2. The Bertz CT molecular complexity index is 487. The number of carbonyl (C=O) groups is 2.